The molecule has 0 aliphatic heterocycles. The molecule has 18 heavy (non-hydrogen) atoms. The van der Waals surface area contributed by atoms with Crippen LogP contribution < -0.4 is 4.72 Å². The van der Waals surface area contributed by atoms with Crippen LogP contribution >= 0.6 is 15.9 Å². The number of hydrogen-bond acceptors (Lipinski definition) is 4. The number of sulfonamides is 1. The van der Waals surface area contributed by atoms with E-state index in [1.807, 2.05) is 0 Å². The Labute approximate surface area is 111 Å². The topological polar surface area (TPSA) is 72.0 Å². The van der Waals surface area contributed by atoms with Gasteiger partial charge in [-0.15, -0.1) is 0 Å². The summed E-state index contributed by atoms with van der Waals surface area (Å²) in [5.41, 5.74) is 0. The van der Waals surface area contributed by atoms with Crippen LogP contribution in [0.2, 0.25) is 0 Å². The molecular formula is C10H7BrFN3O2S. The van der Waals surface area contributed by atoms with Gasteiger partial charge in [0.2, 0.25) is 0 Å². The highest BCUT2D eigenvalue weighted by Crippen LogP contribution is 2.15. The van der Waals surface area contributed by atoms with Crippen molar-refractivity contribution in [3.8, 4) is 0 Å². The molecule has 5 nitrogen and oxygen atoms in total. The van der Waals surface area contributed by atoms with Crippen molar-refractivity contribution in [1.82, 2.24) is 9.97 Å². The summed E-state index contributed by atoms with van der Waals surface area (Å²) in [6.07, 6.45) is 2.60. The fourth-order valence-corrected chi connectivity index (χ4v) is 2.42. The molecule has 0 amide bonds. The van der Waals surface area contributed by atoms with Crippen molar-refractivity contribution >= 4 is 31.8 Å². The van der Waals surface area contributed by atoms with Crippen LogP contribution in [0.1, 0.15) is 0 Å². The van der Waals surface area contributed by atoms with Gasteiger partial charge in [-0.2, -0.15) is 0 Å². The van der Waals surface area contributed by atoms with Gasteiger partial charge in [0.05, 0.1) is 17.3 Å². The van der Waals surface area contributed by atoms with Gasteiger partial charge in [-0.25, -0.2) is 22.8 Å². The molecule has 1 aromatic heterocycles. The zero-order valence-corrected chi connectivity index (χ0v) is 11.2. The van der Waals surface area contributed by atoms with E-state index in [1.165, 1.54) is 30.6 Å². The summed E-state index contributed by atoms with van der Waals surface area (Å²) in [7, 11) is -3.86. The first-order chi connectivity index (χ1) is 8.47. The number of aromatic nitrogens is 2. The molecule has 0 atom stereocenters. The minimum Gasteiger partial charge on any atom is -0.262 e. The fourth-order valence-electron chi connectivity index (χ4n) is 1.20. The number of benzene rings is 1. The second-order valence-corrected chi connectivity index (χ2v) is 5.78. The number of rotatable bonds is 3. The minimum atomic E-state index is -3.86. The number of halogens is 2. The monoisotopic (exact) mass is 331 g/mol. The number of nitrogens with one attached hydrogen (secondary N) is 1. The van der Waals surface area contributed by atoms with E-state index < -0.39 is 15.8 Å². The third-order valence-corrected chi connectivity index (χ3v) is 3.73. The van der Waals surface area contributed by atoms with Crippen molar-refractivity contribution in [3.63, 3.8) is 0 Å². The first-order valence-corrected chi connectivity index (χ1v) is 7.01. The van der Waals surface area contributed by atoms with E-state index in [1.54, 1.807) is 0 Å². The molecule has 0 unspecified atom stereocenters. The highest BCUT2D eigenvalue weighted by molar-refractivity contribution is 9.10. The maximum absolute atomic E-state index is 13.0. The summed E-state index contributed by atoms with van der Waals surface area (Å²) in [6.45, 7) is 0. The highest BCUT2D eigenvalue weighted by atomic mass is 79.9. The highest BCUT2D eigenvalue weighted by Gasteiger charge is 2.15. The molecule has 0 spiro atoms. The molecule has 94 valence electrons. The minimum absolute atomic E-state index is 0.0578. The van der Waals surface area contributed by atoms with E-state index in [0.29, 0.717) is 4.60 Å². The predicted molar refractivity (Wildman–Crippen MR) is 66.9 cm³/mol. The van der Waals surface area contributed by atoms with E-state index in [-0.39, 0.29) is 10.7 Å². The average molecular weight is 332 g/mol. The Bertz CT molecular complexity index is 661. The van der Waals surface area contributed by atoms with Crippen LogP contribution in [0.15, 0.2) is 46.2 Å². The summed E-state index contributed by atoms with van der Waals surface area (Å²) < 4.78 is 39.4. The van der Waals surface area contributed by atoms with Gasteiger partial charge in [0, 0.05) is 0 Å². The molecule has 1 heterocycles. The van der Waals surface area contributed by atoms with Crippen LogP contribution in [0.5, 0.6) is 0 Å². The van der Waals surface area contributed by atoms with Crippen molar-refractivity contribution in [2.75, 3.05) is 4.72 Å². The molecule has 2 rings (SSSR count). The Morgan fingerprint density at radius 1 is 1.22 bits per heavy atom. The molecular weight excluding hydrogens is 325 g/mol. The SMILES string of the molecule is O=S(=O)(Nc1cnc(Br)cn1)c1cccc(F)c1. The van der Waals surface area contributed by atoms with Crippen LogP contribution in [0.25, 0.3) is 0 Å². The Hall–Kier alpha value is -1.54. The second-order valence-electron chi connectivity index (χ2n) is 3.29. The molecule has 0 radical (unpaired) electrons. The molecule has 0 bridgehead atoms. The maximum atomic E-state index is 13.0. The Balaban J connectivity index is 2.30. The van der Waals surface area contributed by atoms with Gasteiger partial charge in [-0.3, -0.25) is 4.72 Å². The van der Waals surface area contributed by atoms with Crippen molar-refractivity contribution in [2.24, 2.45) is 0 Å². The smallest absolute Gasteiger partial charge is 0.262 e. The summed E-state index contributed by atoms with van der Waals surface area (Å²) in [6, 6.07) is 4.70. The molecule has 0 saturated heterocycles. The van der Waals surface area contributed by atoms with Crippen LogP contribution in [0.3, 0.4) is 0 Å². The van der Waals surface area contributed by atoms with E-state index in [0.717, 1.165) is 6.07 Å². The van der Waals surface area contributed by atoms with Gasteiger partial charge >= 0.3 is 0 Å². The molecule has 8 heteroatoms. The van der Waals surface area contributed by atoms with Crippen molar-refractivity contribution in [1.29, 1.82) is 0 Å². The zero-order valence-electron chi connectivity index (χ0n) is 8.84. The lowest BCUT2D eigenvalue weighted by Gasteiger charge is -2.06. The zero-order chi connectivity index (χ0) is 13.2. The molecule has 0 fully saturated rings. The lowest BCUT2D eigenvalue weighted by molar-refractivity contribution is 0.595. The normalized spacial score (nSPS) is 11.2. The summed E-state index contributed by atoms with van der Waals surface area (Å²) in [5.74, 6) is -0.567. The van der Waals surface area contributed by atoms with Gasteiger partial charge in [0.25, 0.3) is 10.0 Å². The summed E-state index contributed by atoms with van der Waals surface area (Å²) in [5, 5.41) is 0. The first-order valence-electron chi connectivity index (χ1n) is 4.73. The van der Waals surface area contributed by atoms with Crippen LogP contribution in [0, 0.1) is 5.82 Å². The quantitative estimate of drug-likeness (QED) is 0.935. The van der Waals surface area contributed by atoms with Crippen molar-refractivity contribution in [3.05, 3.63) is 47.1 Å². The van der Waals surface area contributed by atoms with Gasteiger partial charge in [-0.05, 0) is 34.1 Å². The predicted octanol–water partition coefficient (Wildman–Crippen LogP) is 2.18. The van der Waals surface area contributed by atoms with Crippen molar-refractivity contribution < 1.29 is 12.8 Å². The van der Waals surface area contributed by atoms with E-state index in [9.17, 15) is 12.8 Å². The Morgan fingerprint density at radius 2 is 2.00 bits per heavy atom. The van der Waals surface area contributed by atoms with E-state index in [2.05, 4.69) is 30.6 Å². The second kappa shape index (κ2) is 4.99. The largest absolute Gasteiger partial charge is 0.263 e. The van der Waals surface area contributed by atoms with Crippen LogP contribution in [-0.4, -0.2) is 18.4 Å². The molecule has 0 saturated carbocycles. The average Bonchev–Trinajstić information content (AvgIpc) is 2.32. The Kier molecular flexibility index (Phi) is 3.58. The number of nitrogens with zero attached hydrogens (tertiary/aromatic N) is 2. The molecule has 2 aromatic rings. The third kappa shape index (κ3) is 3.02. The van der Waals surface area contributed by atoms with E-state index >= 15 is 0 Å². The molecule has 1 N–H and O–H groups in total. The number of anilines is 1. The van der Waals surface area contributed by atoms with Crippen LogP contribution in [0.4, 0.5) is 10.2 Å². The molecule has 1 aromatic carbocycles. The van der Waals surface area contributed by atoms with Gasteiger partial charge in [0.15, 0.2) is 5.82 Å². The lowest BCUT2D eigenvalue weighted by atomic mass is 10.4. The maximum Gasteiger partial charge on any atom is 0.263 e. The molecule has 0 aliphatic rings. The lowest BCUT2D eigenvalue weighted by Crippen LogP contribution is -2.14. The van der Waals surface area contributed by atoms with Gasteiger partial charge in [-0.1, -0.05) is 6.07 Å². The van der Waals surface area contributed by atoms with Crippen molar-refractivity contribution in [2.45, 2.75) is 4.90 Å². The third-order valence-electron chi connectivity index (χ3n) is 1.97. The van der Waals surface area contributed by atoms with Gasteiger partial charge in [0.1, 0.15) is 10.4 Å². The standard InChI is InChI=1S/C10H7BrFN3O2S/c11-9-5-14-10(6-13-9)15-18(16,17)8-3-1-2-7(12)4-8/h1-6H,(H,14,15). The fraction of sp³-hybridized carbons (Fsp3) is 0. The van der Waals surface area contributed by atoms with E-state index in [4.69, 9.17) is 0 Å². The van der Waals surface area contributed by atoms with Gasteiger partial charge < -0.3 is 0 Å². The van der Waals surface area contributed by atoms with Crippen LogP contribution in [-0.2, 0) is 10.0 Å². The summed E-state index contributed by atoms with van der Waals surface area (Å²) >= 11 is 3.08. The first kappa shape index (κ1) is 12.9. The summed E-state index contributed by atoms with van der Waals surface area (Å²) in [4.78, 5) is 7.47. The molecule has 0 aliphatic carbocycles. The Morgan fingerprint density at radius 3 is 2.61 bits per heavy atom. The number of hydrogen-bond donors (Lipinski definition) is 1.